The van der Waals surface area contributed by atoms with Gasteiger partial charge in [-0.3, -0.25) is 4.98 Å². The SMILES string of the molecule is C1=CC(Nc2ccncc2)c2ccccc21.I. The molecule has 3 heteroatoms. The van der Waals surface area contributed by atoms with Crippen LogP contribution in [-0.4, -0.2) is 4.98 Å². The number of nitrogens with zero attached hydrogens (tertiary/aromatic N) is 1. The minimum Gasteiger partial charge on any atom is -0.375 e. The van der Waals surface area contributed by atoms with Crippen molar-refractivity contribution < 1.29 is 0 Å². The molecule has 1 unspecified atom stereocenters. The van der Waals surface area contributed by atoms with Crippen LogP contribution in [0.4, 0.5) is 5.69 Å². The van der Waals surface area contributed by atoms with E-state index in [2.05, 4.69) is 46.7 Å². The number of nitrogens with one attached hydrogen (secondary N) is 1. The molecule has 0 spiro atoms. The summed E-state index contributed by atoms with van der Waals surface area (Å²) < 4.78 is 0. The van der Waals surface area contributed by atoms with E-state index in [9.17, 15) is 0 Å². The van der Waals surface area contributed by atoms with Crippen LogP contribution in [0, 0.1) is 0 Å². The number of fused-ring (bicyclic) bond motifs is 1. The summed E-state index contributed by atoms with van der Waals surface area (Å²) in [5, 5.41) is 3.47. The number of pyridine rings is 1. The Hall–Kier alpha value is -1.36. The molecule has 0 saturated heterocycles. The lowest BCUT2D eigenvalue weighted by Crippen LogP contribution is -2.06. The molecule has 0 aliphatic heterocycles. The highest BCUT2D eigenvalue weighted by molar-refractivity contribution is 14.0. The minimum atomic E-state index is 0. The molecule has 3 rings (SSSR count). The number of aromatic nitrogens is 1. The van der Waals surface area contributed by atoms with Crippen molar-refractivity contribution in [2.75, 3.05) is 5.32 Å². The maximum absolute atomic E-state index is 4.01. The average molecular weight is 336 g/mol. The lowest BCUT2D eigenvalue weighted by Gasteiger charge is -2.14. The zero-order valence-corrected chi connectivity index (χ0v) is 11.5. The molecule has 1 heterocycles. The first kappa shape index (κ1) is 12.1. The summed E-state index contributed by atoms with van der Waals surface area (Å²) in [7, 11) is 0. The Balaban J connectivity index is 0.00000108. The summed E-state index contributed by atoms with van der Waals surface area (Å²) in [5.74, 6) is 0. The van der Waals surface area contributed by atoms with Crippen molar-refractivity contribution in [2.24, 2.45) is 0 Å². The number of anilines is 1. The van der Waals surface area contributed by atoms with Crippen molar-refractivity contribution in [3.8, 4) is 0 Å². The second kappa shape index (κ2) is 5.31. The molecule has 1 N–H and O–H groups in total. The zero-order valence-electron chi connectivity index (χ0n) is 9.21. The Labute approximate surface area is 118 Å². The van der Waals surface area contributed by atoms with Gasteiger partial charge in [0.05, 0.1) is 6.04 Å². The summed E-state index contributed by atoms with van der Waals surface area (Å²) in [6.45, 7) is 0. The van der Waals surface area contributed by atoms with Gasteiger partial charge >= 0.3 is 0 Å². The first-order valence-electron chi connectivity index (χ1n) is 5.37. The van der Waals surface area contributed by atoms with Crippen LogP contribution in [-0.2, 0) is 0 Å². The highest BCUT2D eigenvalue weighted by atomic mass is 127. The monoisotopic (exact) mass is 336 g/mol. The first-order chi connectivity index (χ1) is 7.93. The predicted octanol–water partition coefficient (Wildman–Crippen LogP) is 3.88. The quantitative estimate of drug-likeness (QED) is 0.842. The Kier molecular flexibility index (Phi) is 3.78. The molecule has 0 saturated carbocycles. The molecule has 1 aliphatic rings. The van der Waals surface area contributed by atoms with Crippen molar-refractivity contribution in [3.63, 3.8) is 0 Å². The topological polar surface area (TPSA) is 24.9 Å². The fourth-order valence-corrected chi connectivity index (χ4v) is 2.00. The smallest absolute Gasteiger partial charge is 0.0707 e. The van der Waals surface area contributed by atoms with E-state index in [0.29, 0.717) is 0 Å². The molecule has 0 radical (unpaired) electrons. The van der Waals surface area contributed by atoms with Gasteiger partial charge in [0, 0.05) is 18.1 Å². The second-order valence-electron chi connectivity index (χ2n) is 3.85. The molecule has 1 aliphatic carbocycles. The summed E-state index contributed by atoms with van der Waals surface area (Å²) in [6.07, 6.45) is 7.94. The fourth-order valence-electron chi connectivity index (χ4n) is 2.00. The first-order valence-corrected chi connectivity index (χ1v) is 5.37. The largest absolute Gasteiger partial charge is 0.375 e. The molecule has 0 amide bonds. The molecule has 2 nitrogen and oxygen atoms in total. The van der Waals surface area contributed by atoms with Gasteiger partial charge in [0.1, 0.15) is 0 Å². The van der Waals surface area contributed by atoms with E-state index in [1.54, 1.807) is 12.4 Å². The van der Waals surface area contributed by atoms with Gasteiger partial charge < -0.3 is 5.32 Å². The van der Waals surface area contributed by atoms with Crippen molar-refractivity contribution in [1.82, 2.24) is 4.98 Å². The van der Waals surface area contributed by atoms with Crippen molar-refractivity contribution >= 4 is 35.7 Å². The summed E-state index contributed by atoms with van der Waals surface area (Å²) in [5.41, 5.74) is 3.73. The van der Waals surface area contributed by atoms with E-state index in [0.717, 1.165) is 5.69 Å². The molecule has 1 aromatic carbocycles. The number of hydrogen-bond donors (Lipinski definition) is 1. The van der Waals surface area contributed by atoms with Gasteiger partial charge in [-0.15, -0.1) is 24.0 Å². The molecule has 17 heavy (non-hydrogen) atoms. The highest BCUT2D eigenvalue weighted by Gasteiger charge is 2.15. The normalized spacial score (nSPS) is 16.1. The van der Waals surface area contributed by atoms with Gasteiger partial charge in [-0.25, -0.2) is 0 Å². The molecule has 1 aromatic heterocycles. The van der Waals surface area contributed by atoms with Gasteiger partial charge in [-0.05, 0) is 23.3 Å². The van der Waals surface area contributed by atoms with E-state index in [-0.39, 0.29) is 30.0 Å². The molecular formula is C14H13IN2. The Morgan fingerprint density at radius 3 is 2.59 bits per heavy atom. The maximum Gasteiger partial charge on any atom is 0.0707 e. The van der Waals surface area contributed by atoms with Crippen LogP contribution >= 0.6 is 24.0 Å². The second-order valence-corrected chi connectivity index (χ2v) is 3.85. The Morgan fingerprint density at radius 2 is 1.76 bits per heavy atom. The number of halogens is 1. The van der Waals surface area contributed by atoms with Gasteiger partial charge in [0.15, 0.2) is 0 Å². The molecule has 0 bridgehead atoms. The van der Waals surface area contributed by atoms with E-state index in [1.165, 1.54) is 11.1 Å². The van der Waals surface area contributed by atoms with Crippen LogP contribution in [0.5, 0.6) is 0 Å². The van der Waals surface area contributed by atoms with Crippen LogP contribution in [0.3, 0.4) is 0 Å². The van der Waals surface area contributed by atoms with Crippen LogP contribution < -0.4 is 5.32 Å². The number of rotatable bonds is 2. The van der Waals surface area contributed by atoms with Gasteiger partial charge in [-0.1, -0.05) is 36.4 Å². The van der Waals surface area contributed by atoms with Crippen LogP contribution in [0.2, 0.25) is 0 Å². The third-order valence-corrected chi connectivity index (χ3v) is 2.80. The highest BCUT2D eigenvalue weighted by Crippen LogP contribution is 2.30. The molecular weight excluding hydrogens is 323 g/mol. The van der Waals surface area contributed by atoms with Gasteiger partial charge in [0.2, 0.25) is 0 Å². The summed E-state index contributed by atoms with van der Waals surface area (Å²) in [4.78, 5) is 4.01. The summed E-state index contributed by atoms with van der Waals surface area (Å²) >= 11 is 0. The molecule has 2 aromatic rings. The van der Waals surface area contributed by atoms with E-state index in [4.69, 9.17) is 0 Å². The average Bonchev–Trinajstić information content (AvgIpc) is 2.74. The third-order valence-electron chi connectivity index (χ3n) is 2.80. The Bertz CT molecular complexity index is 523. The molecule has 1 atom stereocenters. The van der Waals surface area contributed by atoms with E-state index < -0.39 is 0 Å². The predicted molar refractivity (Wildman–Crippen MR) is 81.5 cm³/mol. The lowest BCUT2D eigenvalue weighted by molar-refractivity contribution is 1.00. The number of hydrogen-bond acceptors (Lipinski definition) is 2. The summed E-state index contributed by atoms with van der Waals surface area (Å²) in [6, 6.07) is 12.7. The van der Waals surface area contributed by atoms with E-state index >= 15 is 0 Å². The van der Waals surface area contributed by atoms with Crippen molar-refractivity contribution in [2.45, 2.75) is 6.04 Å². The standard InChI is InChI=1S/C14H12N2.HI/c1-2-4-13-11(3-1)5-6-14(13)16-12-7-9-15-10-8-12;/h1-10,14H,(H,15,16);1H. The van der Waals surface area contributed by atoms with Gasteiger partial charge in [-0.2, -0.15) is 0 Å². The van der Waals surface area contributed by atoms with Crippen molar-refractivity contribution in [1.29, 1.82) is 0 Å². The fraction of sp³-hybridized carbons (Fsp3) is 0.0714. The maximum atomic E-state index is 4.01. The third kappa shape index (κ3) is 2.49. The van der Waals surface area contributed by atoms with Crippen molar-refractivity contribution in [3.05, 3.63) is 66.0 Å². The van der Waals surface area contributed by atoms with E-state index in [1.807, 2.05) is 12.1 Å². The van der Waals surface area contributed by atoms with Gasteiger partial charge in [0.25, 0.3) is 0 Å². The Morgan fingerprint density at radius 1 is 1.00 bits per heavy atom. The van der Waals surface area contributed by atoms with Crippen LogP contribution in [0.25, 0.3) is 6.08 Å². The molecule has 86 valence electrons. The zero-order chi connectivity index (χ0) is 10.8. The van der Waals surface area contributed by atoms with Crippen LogP contribution in [0.1, 0.15) is 17.2 Å². The molecule has 0 fully saturated rings. The lowest BCUT2D eigenvalue weighted by atomic mass is 10.1. The number of benzene rings is 1. The minimum absolute atomic E-state index is 0. The van der Waals surface area contributed by atoms with Crippen LogP contribution in [0.15, 0.2) is 54.9 Å².